The summed E-state index contributed by atoms with van der Waals surface area (Å²) in [6.45, 7) is 7.62. The van der Waals surface area contributed by atoms with Crippen molar-refractivity contribution in [2.45, 2.75) is 58.0 Å². The van der Waals surface area contributed by atoms with Crippen molar-refractivity contribution < 1.29 is 9.53 Å². The molecule has 0 aromatic heterocycles. The molecule has 2 atom stereocenters. The van der Waals surface area contributed by atoms with Gasteiger partial charge in [0.25, 0.3) is 0 Å². The summed E-state index contributed by atoms with van der Waals surface area (Å²) in [6, 6.07) is 0.362. The van der Waals surface area contributed by atoms with Gasteiger partial charge in [-0.15, -0.1) is 0 Å². The third kappa shape index (κ3) is 4.94. The van der Waals surface area contributed by atoms with E-state index in [-0.39, 0.29) is 12.0 Å². The van der Waals surface area contributed by atoms with Crippen molar-refractivity contribution in [3.8, 4) is 0 Å². The minimum absolute atomic E-state index is 0.128. The lowest BCUT2D eigenvalue weighted by molar-refractivity contribution is -0.143. The number of rotatable bonds is 8. The molecule has 0 amide bonds. The summed E-state index contributed by atoms with van der Waals surface area (Å²) in [4.78, 5) is 14.1. The first-order valence-corrected chi connectivity index (χ1v) is 7.24. The zero-order valence-corrected chi connectivity index (χ0v) is 12.1. The Morgan fingerprint density at radius 2 is 2.06 bits per heavy atom. The van der Waals surface area contributed by atoms with Crippen LogP contribution in [-0.2, 0) is 9.53 Å². The number of nitrogens with one attached hydrogen (secondary N) is 1. The Morgan fingerprint density at radius 1 is 1.39 bits per heavy atom. The Bertz CT molecular complexity index is 240. The average Bonchev–Trinajstić information content (AvgIpc) is 2.91. The second-order valence-corrected chi connectivity index (χ2v) is 5.22. The number of carbonyl (C=O) groups excluding carboxylic acids is 1. The smallest absolute Gasteiger partial charge is 0.322 e. The molecular formula is C14H28N2O2. The molecule has 1 N–H and O–H groups in total. The van der Waals surface area contributed by atoms with Crippen molar-refractivity contribution in [1.82, 2.24) is 10.2 Å². The summed E-state index contributed by atoms with van der Waals surface area (Å²) in [5.74, 6) is -0.128. The number of hydrogen-bond donors (Lipinski definition) is 1. The minimum Gasteiger partial charge on any atom is -0.468 e. The second-order valence-electron chi connectivity index (χ2n) is 5.22. The van der Waals surface area contributed by atoms with Crippen molar-refractivity contribution in [2.75, 3.05) is 26.7 Å². The third-order valence-corrected chi connectivity index (χ3v) is 3.76. The number of ether oxygens (including phenoxy) is 1. The number of methoxy groups -OCH3 is 1. The van der Waals surface area contributed by atoms with E-state index in [0.29, 0.717) is 6.04 Å². The standard InChI is InChI=1S/C14H28N2O2/c1-4-5-8-13(14(17)18-3)15-11-12(2)16-9-6-7-10-16/h12-13,15H,4-11H2,1-3H3. The fraction of sp³-hybridized carbons (Fsp3) is 0.929. The van der Waals surface area contributed by atoms with Crippen LogP contribution in [0.1, 0.15) is 46.0 Å². The fourth-order valence-electron chi connectivity index (χ4n) is 2.48. The van der Waals surface area contributed by atoms with Crippen molar-refractivity contribution in [3.05, 3.63) is 0 Å². The van der Waals surface area contributed by atoms with Crippen LogP contribution in [0.25, 0.3) is 0 Å². The van der Waals surface area contributed by atoms with Crippen LogP contribution in [-0.4, -0.2) is 49.7 Å². The summed E-state index contributed by atoms with van der Waals surface area (Å²) < 4.78 is 4.85. The fourth-order valence-corrected chi connectivity index (χ4v) is 2.48. The monoisotopic (exact) mass is 256 g/mol. The number of hydrogen-bond acceptors (Lipinski definition) is 4. The molecule has 18 heavy (non-hydrogen) atoms. The lowest BCUT2D eigenvalue weighted by Gasteiger charge is -2.26. The number of carbonyl (C=O) groups is 1. The van der Waals surface area contributed by atoms with Gasteiger partial charge in [0, 0.05) is 12.6 Å². The molecule has 1 aliphatic heterocycles. The van der Waals surface area contributed by atoms with E-state index in [4.69, 9.17) is 4.74 Å². The molecular weight excluding hydrogens is 228 g/mol. The highest BCUT2D eigenvalue weighted by atomic mass is 16.5. The van der Waals surface area contributed by atoms with Crippen LogP contribution >= 0.6 is 0 Å². The van der Waals surface area contributed by atoms with Crippen molar-refractivity contribution in [3.63, 3.8) is 0 Å². The average molecular weight is 256 g/mol. The van der Waals surface area contributed by atoms with Crippen molar-refractivity contribution >= 4 is 5.97 Å². The van der Waals surface area contributed by atoms with E-state index in [1.807, 2.05) is 0 Å². The van der Waals surface area contributed by atoms with E-state index in [9.17, 15) is 4.79 Å². The number of likely N-dealkylation sites (tertiary alicyclic amines) is 1. The van der Waals surface area contributed by atoms with Gasteiger partial charge in [-0.3, -0.25) is 9.69 Å². The lowest BCUT2D eigenvalue weighted by atomic mass is 10.1. The summed E-state index contributed by atoms with van der Waals surface area (Å²) in [5, 5.41) is 3.37. The Hall–Kier alpha value is -0.610. The molecule has 0 saturated carbocycles. The van der Waals surface area contributed by atoms with Crippen molar-refractivity contribution in [1.29, 1.82) is 0 Å². The molecule has 1 heterocycles. The number of nitrogens with zero attached hydrogens (tertiary/aromatic N) is 1. The van der Waals surface area contributed by atoms with Gasteiger partial charge in [0.05, 0.1) is 7.11 Å². The molecule has 106 valence electrons. The normalized spacial score (nSPS) is 19.7. The van der Waals surface area contributed by atoms with Gasteiger partial charge >= 0.3 is 5.97 Å². The first kappa shape index (κ1) is 15.4. The maximum atomic E-state index is 11.7. The summed E-state index contributed by atoms with van der Waals surface area (Å²) in [5.41, 5.74) is 0. The molecule has 1 aliphatic rings. The minimum atomic E-state index is -0.139. The highest BCUT2D eigenvalue weighted by Gasteiger charge is 2.22. The molecule has 0 spiro atoms. The van der Waals surface area contributed by atoms with E-state index in [1.165, 1.54) is 33.0 Å². The van der Waals surface area contributed by atoms with Gasteiger partial charge in [-0.2, -0.15) is 0 Å². The van der Waals surface area contributed by atoms with Crippen LogP contribution in [0.5, 0.6) is 0 Å². The van der Waals surface area contributed by atoms with Crippen LogP contribution in [0.3, 0.4) is 0 Å². The van der Waals surface area contributed by atoms with E-state index < -0.39 is 0 Å². The third-order valence-electron chi connectivity index (χ3n) is 3.76. The first-order valence-electron chi connectivity index (χ1n) is 7.24. The molecule has 0 aromatic carbocycles. The molecule has 0 bridgehead atoms. The van der Waals surface area contributed by atoms with E-state index in [2.05, 4.69) is 24.1 Å². The molecule has 0 radical (unpaired) electrons. The summed E-state index contributed by atoms with van der Waals surface area (Å²) in [7, 11) is 1.47. The quantitative estimate of drug-likeness (QED) is 0.672. The van der Waals surface area contributed by atoms with E-state index in [0.717, 1.165) is 25.8 Å². The van der Waals surface area contributed by atoms with Gasteiger partial charge in [-0.25, -0.2) is 0 Å². The highest BCUT2D eigenvalue weighted by Crippen LogP contribution is 2.11. The van der Waals surface area contributed by atoms with Gasteiger partial charge in [-0.05, 0) is 39.3 Å². The first-order chi connectivity index (χ1) is 8.69. The van der Waals surface area contributed by atoms with Crippen LogP contribution in [0.2, 0.25) is 0 Å². The number of esters is 1. The molecule has 4 heteroatoms. The second kappa shape index (κ2) is 8.48. The topological polar surface area (TPSA) is 41.6 Å². The predicted octanol–water partition coefficient (Wildman–Crippen LogP) is 1.79. The Morgan fingerprint density at radius 3 is 2.61 bits per heavy atom. The molecule has 1 rings (SSSR count). The van der Waals surface area contributed by atoms with Crippen LogP contribution < -0.4 is 5.32 Å². The Labute approximate surface area is 111 Å². The van der Waals surface area contributed by atoms with Gasteiger partial charge < -0.3 is 10.1 Å². The summed E-state index contributed by atoms with van der Waals surface area (Å²) >= 11 is 0. The SMILES string of the molecule is CCCCC(NCC(C)N1CCCC1)C(=O)OC. The molecule has 0 aromatic rings. The van der Waals surface area contributed by atoms with Crippen LogP contribution in [0, 0.1) is 0 Å². The van der Waals surface area contributed by atoms with Crippen LogP contribution in [0.4, 0.5) is 0 Å². The Kier molecular flexibility index (Phi) is 7.28. The number of unbranched alkanes of at least 4 members (excludes halogenated alkanes) is 1. The van der Waals surface area contributed by atoms with Gasteiger partial charge in [-0.1, -0.05) is 19.8 Å². The van der Waals surface area contributed by atoms with Gasteiger partial charge in [0.1, 0.15) is 6.04 Å². The molecule has 2 unspecified atom stereocenters. The molecule has 1 saturated heterocycles. The lowest BCUT2D eigenvalue weighted by Crippen LogP contribution is -2.45. The maximum absolute atomic E-state index is 11.7. The van der Waals surface area contributed by atoms with E-state index >= 15 is 0 Å². The molecule has 4 nitrogen and oxygen atoms in total. The van der Waals surface area contributed by atoms with Gasteiger partial charge in [0.15, 0.2) is 0 Å². The largest absolute Gasteiger partial charge is 0.468 e. The van der Waals surface area contributed by atoms with Crippen LogP contribution in [0.15, 0.2) is 0 Å². The zero-order valence-electron chi connectivity index (χ0n) is 12.1. The Balaban J connectivity index is 2.32. The molecule has 0 aliphatic carbocycles. The molecule has 1 fully saturated rings. The summed E-state index contributed by atoms with van der Waals surface area (Å²) in [6.07, 6.45) is 5.65. The highest BCUT2D eigenvalue weighted by molar-refractivity contribution is 5.75. The van der Waals surface area contributed by atoms with E-state index in [1.54, 1.807) is 0 Å². The predicted molar refractivity (Wildman–Crippen MR) is 73.6 cm³/mol. The van der Waals surface area contributed by atoms with Crippen molar-refractivity contribution in [2.24, 2.45) is 0 Å². The maximum Gasteiger partial charge on any atom is 0.322 e. The zero-order chi connectivity index (χ0) is 13.4. The van der Waals surface area contributed by atoms with Gasteiger partial charge in [0.2, 0.25) is 0 Å².